The number of benzene rings is 4. The molecule has 0 fully saturated rings. The van der Waals surface area contributed by atoms with E-state index in [1.165, 1.54) is 77.2 Å². The number of hydrogen-bond donors (Lipinski definition) is 0. The first-order valence-corrected chi connectivity index (χ1v) is 22.0. The van der Waals surface area contributed by atoms with Crippen LogP contribution in [0.2, 0.25) is 0 Å². The van der Waals surface area contributed by atoms with Crippen LogP contribution in [0, 0.1) is 13.8 Å². The molecule has 0 amide bonds. The zero-order valence-electron chi connectivity index (χ0n) is 26.4. The molecule has 6 aromatic rings. The van der Waals surface area contributed by atoms with Gasteiger partial charge < -0.3 is 0 Å². The summed E-state index contributed by atoms with van der Waals surface area (Å²) in [4.78, 5) is 0. The van der Waals surface area contributed by atoms with Gasteiger partial charge in [0.05, 0.1) is 0 Å². The molecular weight excluding hydrogens is 667 g/mol. The van der Waals surface area contributed by atoms with Gasteiger partial charge in [-0.15, -0.1) is 80.7 Å². The Hall–Kier alpha value is -2.96. The van der Waals surface area contributed by atoms with Gasteiger partial charge in [0, 0.05) is 5.92 Å². The van der Waals surface area contributed by atoms with E-state index >= 15 is 0 Å². The number of fused-ring (bicyclic) bond motifs is 4. The molecule has 0 heterocycles. The third-order valence-corrected chi connectivity index (χ3v) is 9.30. The van der Waals surface area contributed by atoms with Crippen LogP contribution in [0.5, 0.6) is 0 Å². The molecule has 8 rings (SSSR count). The first-order chi connectivity index (χ1) is 21.9. The molecule has 2 aliphatic rings. The molecule has 0 radical (unpaired) electrons. The third kappa shape index (κ3) is 6.93. The quantitative estimate of drug-likeness (QED) is 0.160. The van der Waals surface area contributed by atoms with Gasteiger partial charge in [0.1, 0.15) is 0 Å². The van der Waals surface area contributed by atoms with Crippen molar-refractivity contribution in [1.82, 2.24) is 0 Å². The monoisotopic (exact) mass is 702 g/mol. The minimum absolute atomic E-state index is 0.536. The van der Waals surface area contributed by atoms with Crippen LogP contribution in [0.25, 0.3) is 33.2 Å². The van der Waals surface area contributed by atoms with Crippen LogP contribution in [0.3, 0.4) is 0 Å². The predicted octanol–water partition coefficient (Wildman–Crippen LogP) is 12.4. The summed E-state index contributed by atoms with van der Waals surface area (Å²) in [5, 5.41) is 5.55. The normalized spacial score (nSPS) is 14.6. The molecule has 45 heavy (non-hydrogen) atoms. The average molecular weight is 705 g/mol. The van der Waals surface area contributed by atoms with Crippen molar-refractivity contribution in [2.24, 2.45) is 0 Å². The summed E-state index contributed by atoms with van der Waals surface area (Å²) in [6, 6.07) is 37.9. The van der Waals surface area contributed by atoms with Gasteiger partial charge in [-0.2, -0.15) is 11.6 Å². The summed E-state index contributed by atoms with van der Waals surface area (Å²) >= 11 is -0.826. The molecule has 6 aromatic carbocycles. The summed E-state index contributed by atoms with van der Waals surface area (Å²) in [5.74, 6) is 0.536. The summed E-state index contributed by atoms with van der Waals surface area (Å²) < 4.78 is 0. The number of halogens is 2. The van der Waals surface area contributed by atoms with Gasteiger partial charge in [-0.1, -0.05) is 92.6 Å². The fourth-order valence-electron chi connectivity index (χ4n) is 7.34. The Labute approximate surface area is 286 Å². The fraction of sp³-hybridized carbons (Fsp3) is 0.190. The van der Waals surface area contributed by atoms with Crippen molar-refractivity contribution in [2.75, 3.05) is 0 Å². The molecular formula is C42H38Cl2Zr-2. The molecule has 1 unspecified atom stereocenters. The van der Waals surface area contributed by atoms with Gasteiger partial charge in [0.15, 0.2) is 0 Å². The van der Waals surface area contributed by atoms with Crippen LogP contribution in [-0.2, 0) is 40.1 Å². The molecule has 0 N–H and O–H groups in total. The van der Waals surface area contributed by atoms with E-state index in [0.717, 1.165) is 19.3 Å². The second-order valence-corrected chi connectivity index (χ2v) is 16.2. The molecule has 0 nitrogen and oxygen atoms in total. The van der Waals surface area contributed by atoms with Crippen molar-refractivity contribution >= 4 is 50.2 Å². The van der Waals surface area contributed by atoms with Crippen LogP contribution in [0.1, 0.15) is 69.8 Å². The van der Waals surface area contributed by atoms with E-state index in [-0.39, 0.29) is 0 Å². The molecule has 0 aliphatic heterocycles. The Balaban J connectivity index is 0.000000146. The fourth-order valence-corrected chi connectivity index (χ4v) is 7.34. The van der Waals surface area contributed by atoms with Crippen molar-refractivity contribution in [3.05, 3.63) is 165 Å². The van der Waals surface area contributed by atoms with E-state index < -0.39 is 20.8 Å². The minimum atomic E-state index is -0.826. The summed E-state index contributed by atoms with van der Waals surface area (Å²) in [5.41, 5.74) is 15.9. The molecule has 226 valence electrons. The Morgan fingerprint density at radius 3 is 2.42 bits per heavy atom. The third-order valence-electron chi connectivity index (χ3n) is 9.30. The van der Waals surface area contributed by atoms with Gasteiger partial charge in [-0.25, -0.2) is 0 Å². The molecule has 0 aromatic heterocycles. The Kier molecular flexibility index (Phi) is 10.1. The Morgan fingerprint density at radius 2 is 1.58 bits per heavy atom. The van der Waals surface area contributed by atoms with Crippen LogP contribution in [0.15, 0.2) is 115 Å². The predicted molar refractivity (Wildman–Crippen MR) is 193 cm³/mol. The van der Waals surface area contributed by atoms with Crippen LogP contribution < -0.4 is 0 Å². The van der Waals surface area contributed by atoms with Gasteiger partial charge in [-0.3, -0.25) is 0 Å². The second kappa shape index (κ2) is 14.2. The molecule has 0 saturated carbocycles. The average Bonchev–Trinajstić information content (AvgIpc) is 3.78. The first-order valence-electron chi connectivity index (χ1n) is 15.7. The van der Waals surface area contributed by atoms with Crippen molar-refractivity contribution in [3.8, 4) is 0 Å². The van der Waals surface area contributed by atoms with Crippen LogP contribution >= 0.6 is 17.0 Å². The van der Waals surface area contributed by atoms with Crippen LogP contribution in [0.4, 0.5) is 0 Å². The van der Waals surface area contributed by atoms with E-state index in [1.54, 1.807) is 5.56 Å². The molecule has 0 bridgehead atoms. The standard InChI is InChI=1S/C21H20.C21H18.2ClH.Zr/c2*1-14-10-16-6-5-7-17(21(16)11-14)13-18-12-15(2)19-8-3-4-9-20(18)19;;;/h3-10,12,18H,11,13H2,1-2H3;3-12H,13H2,1-2H3;2*1H;/q;-2;;;+2/p-2. The van der Waals surface area contributed by atoms with Crippen LogP contribution in [-0.4, -0.2) is 0 Å². The van der Waals surface area contributed by atoms with E-state index in [4.69, 9.17) is 17.0 Å². The van der Waals surface area contributed by atoms with E-state index in [2.05, 4.69) is 143 Å². The van der Waals surface area contributed by atoms with Crippen molar-refractivity contribution in [3.63, 3.8) is 0 Å². The SMILES string of the molecule is CC1=Cc2cccc(CC3C=C(C)c4ccccc43)c2C1.Cc1cc2cccc(C[c-]3cc(C)c4ccccc43)c2[cH-]1.[Cl][Zr][Cl]. The van der Waals surface area contributed by atoms with Crippen molar-refractivity contribution < 1.29 is 20.8 Å². The molecule has 2 aliphatic carbocycles. The summed E-state index contributed by atoms with van der Waals surface area (Å²) in [6.07, 6.45) is 8.04. The summed E-state index contributed by atoms with van der Waals surface area (Å²) in [6.45, 7) is 8.85. The zero-order chi connectivity index (χ0) is 31.5. The van der Waals surface area contributed by atoms with E-state index in [0.29, 0.717) is 5.92 Å². The summed E-state index contributed by atoms with van der Waals surface area (Å²) in [7, 11) is 9.87. The van der Waals surface area contributed by atoms with E-state index in [9.17, 15) is 0 Å². The van der Waals surface area contributed by atoms with Gasteiger partial charge in [-0.05, 0) is 60.1 Å². The zero-order valence-corrected chi connectivity index (χ0v) is 30.4. The van der Waals surface area contributed by atoms with Crippen molar-refractivity contribution in [2.45, 2.75) is 52.9 Å². The Morgan fingerprint density at radius 1 is 0.844 bits per heavy atom. The van der Waals surface area contributed by atoms with E-state index in [1.807, 2.05) is 0 Å². The Bertz CT molecular complexity index is 2030. The maximum atomic E-state index is 4.93. The molecule has 0 spiro atoms. The number of rotatable bonds is 4. The maximum absolute atomic E-state index is 4.93. The van der Waals surface area contributed by atoms with Gasteiger partial charge in [0.25, 0.3) is 0 Å². The number of aryl methyl sites for hydroxylation is 2. The van der Waals surface area contributed by atoms with Crippen molar-refractivity contribution in [1.29, 1.82) is 0 Å². The molecule has 3 heteroatoms. The number of allylic oxidation sites excluding steroid dienone is 3. The van der Waals surface area contributed by atoms with Gasteiger partial charge in [0.2, 0.25) is 0 Å². The topological polar surface area (TPSA) is 0 Å². The van der Waals surface area contributed by atoms with Gasteiger partial charge >= 0.3 is 37.9 Å². The number of hydrogen-bond acceptors (Lipinski definition) is 0. The second-order valence-electron chi connectivity index (χ2n) is 12.5. The first kappa shape index (κ1) is 32.0. The molecule has 0 saturated heterocycles. The molecule has 1 atom stereocenters.